The molecule has 0 aromatic heterocycles. The van der Waals surface area contributed by atoms with E-state index in [2.05, 4.69) is 18.2 Å². The first-order valence-corrected chi connectivity index (χ1v) is 8.72. The van der Waals surface area contributed by atoms with Gasteiger partial charge in [-0.15, -0.1) is 0 Å². The van der Waals surface area contributed by atoms with Crippen LogP contribution in [0, 0.1) is 41.4 Å². The van der Waals surface area contributed by atoms with Gasteiger partial charge in [-0.25, -0.2) is 0 Å². The van der Waals surface area contributed by atoms with Gasteiger partial charge in [-0.2, -0.15) is 0 Å². The summed E-state index contributed by atoms with van der Waals surface area (Å²) in [6.07, 6.45) is 19.8. The van der Waals surface area contributed by atoms with Crippen molar-refractivity contribution in [3.8, 4) is 0 Å². The average molecular weight is 254 g/mol. The molecule has 0 radical (unpaired) electrons. The van der Waals surface area contributed by atoms with E-state index in [9.17, 15) is 0 Å². The summed E-state index contributed by atoms with van der Waals surface area (Å²) in [7, 11) is 0. The molecular weight excluding hydrogens is 228 g/mol. The third-order valence-electron chi connectivity index (χ3n) is 7.07. The highest BCUT2D eigenvalue weighted by molar-refractivity contribution is 5.23. The van der Waals surface area contributed by atoms with Crippen LogP contribution in [0.5, 0.6) is 0 Å². The van der Waals surface area contributed by atoms with E-state index >= 15 is 0 Å². The van der Waals surface area contributed by atoms with Crippen molar-refractivity contribution in [3.05, 3.63) is 23.8 Å². The van der Waals surface area contributed by atoms with Crippen molar-refractivity contribution in [2.75, 3.05) is 0 Å². The lowest BCUT2D eigenvalue weighted by molar-refractivity contribution is -0.0236. The van der Waals surface area contributed by atoms with Crippen molar-refractivity contribution in [1.29, 1.82) is 0 Å². The van der Waals surface area contributed by atoms with E-state index in [4.69, 9.17) is 0 Å². The van der Waals surface area contributed by atoms with Crippen LogP contribution in [0.25, 0.3) is 0 Å². The molecule has 0 heterocycles. The molecule has 0 aromatic carbocycles. The predicted molar refractivity (Wildman–Crippen MR) is 78.6 cm³/mol. The molecule has 0 spiro atoms. The van der Waals surface area contributed by atoms with E-state index in [1.165, 1.54) is 19.3 Å². The maximum atomic E-state index is 2.71. The molecule has 4 saturated carbocycles. The summed E-state index contributed by atoms with van der Waals surface area (Å²) in [5.74, 6) is 7.25. The van der Waals surface area contributed by atoms with Crippen molar-refractivity contribution in [2.45, 2.75) is 51.4 Å². The Hall–Kier alpha value is -0.520. The second-order valence-electron chi connectivity index (χ2n) is 8.33. The van der Waals surface area contributed by atoms with Crippen LogP contribution in [0.2, 0.25) is 0 Å². The number of allylic oxidation sites excluding steroid dienone is 4. The van der Waals surface area contributed by atoms with Crippen LogP contribution >= 0.6 is 0 Å². The molecule has 19 heavy (non-hydrogen) atoms. The van der Waals surface area contributed by atoms with E-state index in [-0.39, 0.29) is 0 Å². The summed E-state index contributed by atoms with van der Waals surface area (Å²) in [5.41, 5.74) is 1.92. The number of hydrogen-bond donors (Lipinski definition) is 0. The molecule has 6 bridgehead atoms. The Labute approximate surface area is 117 Å². The van der Waals surface area contributed by atoms with Crippen LogP contribution in [0.3, 0.4) is 0 Å². The molecule has 0 aliphatic heterocycles. The topological polar surface area (TPSA) is 0 Å². The van der Waals surface area contributed by atoms with Gasteiger partial charge in [0, 0.05) is 0 Å². The molecule has 2 atom stereocenters. The van der Waals surface area contributed by atoms with E-state index in [1.807, 2.05) is 5.57 Å². The van der Waals surface area contributed by atoms with Gasteiger partial charge in [0.2, 0.25) is 0 Å². The van der Waals surface area contributed by atoms with Gasteiger partial charge >= 0.3 is 0 Å². The average Bonchev–Trinajstić information content (AvgIpc) is 2.37. The summed E-state index contributed by atoms with van der Waals surface area (Å²) >= 11 is 0. The normalized spacial score (nSPS) is 54.3. The highest BCUT2D eigenvalue weighted by Gasteiger charge is 2.49. The minimum atomic E-state index is 0.805. The van der Waals surface area contributed by atoms with Gasteiger partial charge in [0.05, 0.1) is 0 Å². The summed E-state index contributed by atoms with van der Waals surface area (Å²) in [4.78, 5) is 0. The zero-order chi connectivity index (χ0) is 12.4. The molecule has 6 rings (SSSR count). The van der Waals surface area contributed by atoms with E-state index in [1.54, 1.807) is 32.1 Å². The minimum Gasteiger partial charge on any atom is -0.0877 e. The van der Waals surface area contributed by atoms with Gasteiger partial charge in [-0.1, -0.05) is 23.8 Å². The Bertz CT molecular complexity index is 413. The fourth-order valence-electron chi connectivity index (χ4n) is 6.75. The SMILES string of the molecule is C1=C[C@H]2C=C(C3C4CC5CC(C4)CC3C5)C[C@@H](C1)C2. The van der Waals surface area contributed by atoms with E-state index in [0.29, 0.717) is 0 Å². The second-order valence-corrected chi connectivity index (χ2v) is 8.33. The van der Waals surface area contributed by atoms with Crippen molar-refractivity contribution in [3.63, 3.8) is 0 Å². The van der Waals surface area contributed by atoms with E-state index in [0.717, 1.165) is 41.4 Å². The van der Waals surface area contributed by atoms with Crippen molar-refractivity contribution in [1.82, 2.24) is 0 Å². The van der Waals surface area contributed by atoms with Crippen molar-refractivity contribution in [2.24, 2.45) is 41.4 Å². The van der Waals surface area contributed by atoms with Gasteiger partial charge in [0.1, 0.15) is 0 Å². The number of hydrogen-bond acceptors (Lipinski definition) is 0. The number of fused-ring (bicyclic) bond motifs is 2. The molecular formula is C19H26. The van der Waals surface area contributed by atoms with E-state index < -0.39 is 0 Å². The van der Waals surface area contributed by atoms with Crippen LogP contribution in [0.4, 0.5) is 0 Å². The second kappa shape index (κ2) is 3.99. The van der Waals surface area contributed by atoms with Gasteiger partial charge in [0.25, 0.3) is 0 Å². The quantitative estimate of drug-likeness (QED) is 0.579. The first kappa shape index (κ1) is 11.2. The monoisotopic (exact) mass is 254 g/mol. The lowest BCUT2D eigenvalue weighted by Crippen LogP contribution is -2.46. The molecule has 0 nitrogen and oxygen atoms in total. The zero-order valence-corrected chi connectivity index (χ0v) is 11.9. The van der Waals surface area contributed by atoms with Crippen LogP contribution < -0.4 is 0 Å². The Kier molecular flexibility index (Phi) is 2.35. The predicted octanol–water partition coefficient (Wildman–Crippen LogP) is 4.97. The minimum absolute atomic E-state index is 0.805. The van der Waals surface area contributed by atoms with Crippen molar-refractivity contribution < 1.29 is 0 Å². The molecule has 0 unspecified atom stereocenters. The molecule has 0 amide bonds. The Morgan fingerprint density at radius 1 is 0.789 bits per heavy atom. The van der Waals surface area contributed by atoms with Crippen LogP contribution in [0.1, 0.15) is 51.4 Å². The summed E-state index contributed by atoms with van der Waals surface area (Å²) < 4.78 is 0. The van der Waals surface area contributed by atoms with Gasteiger partial charge in [0.15, 0.2) is 0 Å². The summed E-state index contributed by atoms with van der Waals surface area (Å²) in [5, 5.41) is 0. The third-order valence-corrected chi connectivity index (χ3v) is 7.07. The maximum Gasteiger partial charge on any atom is -0.00479 e. The van der Waals surface area contributed by atoms with Crippen LogP contribution in [-0.2, 0) is 0 Å². The molecule has 102 valence electrons. The highest BCUT2D eigenvalue weighted by Crippen LogP contribution is 2.59. The smallest absolute Gasteiger partial charge is 0.00479 e. The maximum absolute atomic E-state index is 2.71. The Balaban J connectivity index is 1.47. The molecule has 6 aliphatic rings. The molecule has 4 fully saturated rings. The lowest BCUT2D eigenvalue weighted by Gasteiger charge is -2.56. The third kappa shape index (κ3) is 1.71. The van der Waals surface area contributed by atoms with Gasteiger partial charge in [-0.05, 0) is 92.8 Å². The largest absolute Gasteiger partial charge is 0.0877 e. The van der Waals surface area contributed by atoms with Gasteiger partial charge < -0.3 is 0 Å². The molecule has 0 aromatic rings. The summed E-state index contributed by atoms with van der Waals surface area (Å²) in [6.45, 7) is 0. The van der Waals surface area contributed by atoms with Crippen LogP contribution in [0.15, 0.2) is 23.8 Å². The first-order valence-electron chi connectivity index (χ1n) is 8.72. The fraction of sp³-hybridized carbons (Fsp3) is 0.789. The molecule has 0 N–H and O–H groups in total. The lowest BCUT2D eigenvalue weighted by atomic mass is 9.49. The van der Waals surface area contributed by atoms with Gasteiger partial charge in [-0.3, -0.25) is 0 Å². The highest BCUT2D eigenvalue weighted by atomic mass is 14.5. The first-order chi connectivity index (χ1) is 9.35. The van der Waals surface area contributed by atoms with Crippen LogP contribution in [-0.4, -0.2) is 0 Å². The number of rotatable bonds is 1. The van der Waals surface area contributed by atoms with Crippen molar-refractivity contribution >= 4 is 0 Å². The molecule has 0 heteroatoms. The fourth-order valence-corrected chi connectivity index (χ4v) is 6.75. The molecule has 0 saturated heterocycles. The zero-order valence-electron chi connectivity index (χ0n) is 11.9. The summed E-state index contributed by atoms with van der Waals surface area (Å²) in [6, 6.07) is 0. The Morgan fingerprint density at radius 2 is 1.53 bits per heavy atom. The standard InChI is InChI=1S/C19H26/c1-2-12-4-13(3-1)7-16(6-12)19-17-8-14-5-15(10-17)11-18(19)9-14/h1-2,6,12-15,17-19H,3-5,7-11H2/t12-,13+,14?,15?,17?,18?,19?/m1/s1. The molecule has 6 aliphatic carbocycles. The Morgan fingerprint density at radius 3 is 2.21 bits per heavy atom.